The summed E-state index contributed by atoms with van der Waals surface area (Å²) in [7, 11) is 1.45. The Kier molecular flexibility index (Phi) is 9.78. The summed E-state index contributed by atoms with van der Waals surface area (Å²) in [6.45, 7) is 2.60. The van der Waals surface area contributed by atoms with Crippen molar-refractivity contribution < 1.29 is 9.53 Å². The first-order valence-electron chi connectivity index (χ1n) is 11.3. The van der Waals surface area contributed by atoms with E-state index in [-0.39, 0.29) is 5.97 Å². The van der Waals surface area contributed by atoms with Crippen LogP contribution in [0.3, 0.4) is 0 Å². The second-order valence-corrected chi connectivity index (χ2v) is 8.91. The number of hydrogen-bond donors (Lipinski definition) is 2. The van der Waals surface area contributed by atoms with Crippen LogP contribution in [0.5, 0.6) is 0 Å². The number of benzene rings is 2. The van der Waals surface area contributed by atoms with Gasteiger partial charge in [-0.1, -0.05) is 35.9 Å². The van der Waals surface area contributed by atoms with Crippen LogP contribution >= 0.6 is 23.8 Å². The Hall–Kier alpha value is -2.15. The Morgan fingerprint density at radius 1 is 1.16 bits per heavy atom. The molecule has 3 rings (SSSR count). The first-order valence-corrected chi connectivity index (χ1v) is 12.0. The first-order chi connectivity index (χ1) is 15.6. The first kappa shape index (κ1) is 24.5. The van der Waals surface area contributed by atoms with E-state index in [0.717, 1.165) is 51.0 Å². The number of aryl methyl sites for hydroxylation is 1. The Bertz CT molecular complexity index is 891. The number of methoxy groups -OCH3 is 1. The maximum Gasteiger partial charge on any atom is 0.305 e. The van der Waals surface area contributed by atoms with Gasteiger partial charge in [-0.3, -0.25) is 9.69 Å². The maximum atomic E-state index is 11.6. The SMILES string of the molecule is COC(=O)CCCN(CCCNC(=S)Nc1ccc(Cl)cc1)C1CCCc2ccccc21. The Labute approximate surface area is 201 Å². The van der Waals surface area contributed by atoms with Gasteiger partial charge in [-0.05, 0) is 86.3 Å². The second-order valence-electron chi connectivity index (χ2n) is 8.06. The molecule has 1 aliphatic carbocycles. The van der Waals surface area contributed by atoms with Crippen LogP contribution in [0.1, 0.15) is 49.3 Å². The smallest absolute Gasteiger partial charge is 0.305 e. The van der Waals surface area contributed by atoms with Crippen molar-refractivity contribution in [1.82, 2.24) is 10.2 Å². The molecule has 1 atom stereocenters. The number of carbonyl (C=O) groups is 1. The lowest BCUT2D eigenvalue weighted by Gasteiger charge is -2.36. The van der Waals surface area contributed by atoms with Gasteiger partial charge in [-0.2, -0.15) is 0 Å². The molecule has 2 N–H and O–H groups in total. The fourth-order valence-corrected chi connectivity index (χ4v) is 4.60. The number of thiocarbonyl (C=S) groups is 1. The highest BCUT2D eigenvalue weighted by Crippen LogP contribution is 2.34. The van der Waals surface area contributed by atoms with Crippen LogP contribution in [-0.2, 0) is 16.0 Å². The fraction of sp³-hybridized carbons (Fsp3) is 0.440. The lowest BCUT2D eigenvalue weighted by molar-refractivity contribution is -0.140. The van der Waals surface area contributed by atoms with Crippen molar-refractivity contribution in [2.24, 2.45) is 0 Å². The zero-order chi connectivity index (χ0) is 22.8. The van der Waals surface area contributed by atoms with Crippen LogP contribution in [-0.4, -0.2) is 42.7 Å². The number of esters is 1. The van der Waals surface area contributed by atoms with E-state index in [2.05, 4.69) is 39.8 Å². The van der Waals surface area contributed by atoms with Gasteiger partial charge in [0.25, 0.3) is 0 Å². The van der Waals surface area contributed by atoms with Gasteiger partial charge >= 0.3 is 5.97 Å². The van der Waals surface area contributed by atoms with Crippen molar-refractivity contribution in [3.05, 3.63) is 64.7 Å². The molecule has 32 heavy (non-hydrogen) atoms. The molecular weight excluding hydrogens is 442 g/mol. The standard InChI is InChI=1S/C25H32ClN3O2S/c1-31-24(30)11-5-17-29(23-10-4-8-19-7-2-3-9-22(19)23)18-6-16-27-25(32)28-21-14-12-20(26)13-15-21/h2-3,7,9,12-15,23H,4-6,8,10-11,16-18H2,1H3,(H2,27,28,32). The van der Waals surface area contributed by atoms with Gasteiger partial charge in [0, 0.05) is 36.3 Å². The quantitative estimate of drug-likeness (QED) is 0.275. The lowest BCUT2D eigenvalue weighted by Crippen LogP contribution is -2.36. The van der Waals surface area contributed by atoms with Gasteiger partial charge < -0.3 is 15.4 Å². The average Bonchev–Trinajstić information content (AvgIpc) is 2.81. The van der Waals surface area contributed by atoms with E-state index in [0.29, 0.717) is 22.6 Å². The minimum atomic E-state index is -0.144. The molecule has 0 fully saturated rings. The molecule has 0 saturated heterocycles. The van der Waals surface area contributed by atoms with Gasteiger partial charge in [0.2, 0.25) is 0 Å². The maximum absolute atomic E-state index is 11.6. The third-order valence-corrected chi connectivity index (χ3v) is 6.34. The summed E-state index contributed by atoms with van der Waals surface area (Å²) in [4.78, 5) is 14.1. The number of anilines is 1. The minimum absolute atomic E-state index is 0.144. The molecule has 1 aliphatic rings. The van der Waals surface area contributed by atoms with Crippen molar-refractivity contribution in [1.29, 1.82) is 0 Å². The number of fused-ring (bicyclic) bond motifs is 1. The predicted molar refractivity (Wildman–Crippen MR) is 135 cm³/mol. The molecule has 0 aliphatic heterocycles. The number of nitrogens with one attached hydrogen (secondary N) is 2. The Morgan fingerprint density at radius 2 is 1.91 bits per heavy atom. The minimum Gasteiger partial charge on any atom is -0.469 e. The number of carbonyl (C=O) groups excluding carboxylic acids is 1. The number of rotatable bonds is 10. The van der Waals surface area contributed by atoms with Crippen molar-refractivity contribution >= 4 is 40.6 Å². The van der Waals surface area contributed by atoms with E-state index in [9.17, 15) is 4.79 Å². The van der Waals surface area contributed by atoms with E-state index in [1.54, 1.807) is 0 Å². The zero-order valence-electron chi connectivity index (χ0n) is 18.6. The summed E-state index contributed by atoms with van der Waals surface area (Å²) in [6.07, 6.45) is 5.71. The van der Waals surface area contributed by atoms with E-state index in [1.165, 1.54) is 24.7 Å². The highest BCUT2D eigenvalue weighted by Gasteiger charge is 2.25. The number of halogens is 1. The zero-order valence-corrected chi connectivity index (χ0v) is 20.2. The molecule has 1 unspecified atom stereocenters. The van der Waals surface area contributed by atoms with Gasteiger partial charge in [0.15, 0.2) is 5.11 Å². The highest BCUT2D eigenvalue weighted by atomic mass is 35.5. The van der Waals surface area contributed by atoms with Crippen molar-refractivity contribution in [2.75, 3.05) is 32.1 Å². The fourth-order valence-electron chi connectivity index (χ4n) is 4.25. The largest absolute Gasteiger partial charge is 0.469 e. The van der Waals surface area contributed by atoms with Crippen LogP contribution < -0.4 is 10.6 Å². The van der Waals surface area contributed by atoms with Crippen molar-refractivity contribution in [2.45, 2.75) is 44.6 Å². The van der Waals surface area contributed by atoms with Crippen LogP contribution in [0.2, 0.25) is 5.02 Å². The Balaban J connectivity index is 1.52. The summed E-state index contributed by atoms with van der Waals surface area (Å²) in [5.41, 5.74) is 3.80. The number of ether oxygens (including phenoxy) is 1. The molecule has 0 saturated carbocycles. The molecule has 0 aromatic heterocycles. The molecule has 2 aromatic rings. The van der Waals surface area contributed by atoms with Crippen LogP contribution in [0.4, 0.5) is 5.69 Å². The second kappa shape index (κ2) is 12.8. The average molecular weight is 474 g/mol. The van der Waals surface area contributed by atoms with Crippen molar-refractivity contribution in [3.8, 4) is 0 Å². The summed E-state index contributed by atoms with van der Waals surface area (Å²) >= 11 is 11.3. The lowest BCUT2D eigenvalue weighted by atomic mass is 9.86. The molecule has 7 heteroatoms. The third-order valence-electron chi connectivity index (χ3n) is 5.84. The van der Waals surface area contributed by atoms with E-state index in [4.69, 9.17) is 28.6 Å². The normalized spacial score (nSPS) is 15.2. The molecule has 0 heterocycles. The molecule has 172 valence electrons. The van der Waals surface area contributed by atoms with E-state index in [1.807, 2.05) is 24.3 Å². The number of hydrogen-bond acceptors (Lipinski definition) is 4. The van der Waals surface area contributed by atoms with Crippen molar-refractivity contribution in [3.63, 3.8) is 0 Å². The molecular formula is C25H32ClN3O2S. The molecule has 0 bridgehead atoms. The van der Waals surface area contributed by atoms with Crippen LogP contribution in [0.25, 0.3) is 0 Å². The Morgan fingerprint density at radius 3 is 2.69 bits per heavy atom. The van der Waals surface area contributed by atoms with Gasteiger partial charge in [-0.25, -0.2) is 0 Å². The molecule has 5 nitrogen and oxygen atoms in total. The summed E-state index contributed by atoms with van der Waals surface area (Å²) < 4.78 is 4.82. The monoisotopic (exact) mass is 473 g/mol. The highest BCUT2D eigenvalue weighted by molar-refractivity contribution is 7.80. The van der Waals surface area contributed by atoms with E-state index < -0.39 is 0 Å². The molecule has 0 radical (unpaired) electrons. The topological polar surface area (TPSA) is 53.6 Å². The van der Waals surface area contributed by atoms with E-state index >= 15 is 0 Å². The van der Waals surface area contributed by atoms with Gasteiger partial charge in [0.1, 0.15) is 0 Å². The summed E-state index contributed by atoms with van der Waals surface area (Å²) in [5.74, 6) is -0.144. The van der Waals surface area contributed by atoms with Crippen LogP contribution in [0.15, 0.2) is 48.5 Å². The van der Waals surface area contributed by atoms with Gasteiger partial charge in [-0.15, -0.1) is 0 Å². The van der Waals surface area contributed by atoms with Crippen LogP contribution in [0, 0.1) is 0 Å². The molecule has 0 amide bonds. The number of nitrogens with zero attached hydrogens (tertiary/aromatic N) is 1. The van der Waals surface area contributed by atoms with Gasteiger partial charge in [0.05, 0.1) is 7.11 Å². The molecule has 2 aromatic carbocycles. The summed E-state index contributed by atoms with van der Waals surface area (Å²) in [6, 6.07) is 16.6. The summed E-state index contributed by atoms with van der Waals surface area (Å²) in [5, 5.41) is 7.78. The predicted octanol–water partition coefficient (Wildman–Crippen LogP) is 5.35. The molecule has 0 spiro atoms. The third kappa shape index (κ3) is 7.47.